The summed E-state index contributed by atoms with van der Waals surface area (Å²) in [6.45, 7) is 1.88. The highest BCUT2D eigenvalue weighted by Crippen LogP contribution is 2.29. The summed E-state index contributed by atoms with van der Waals surface area (Å²) < 4.78 is 5.53. The topological polar surface area (TPSA) is 75.0 Å². The normalized spacial score (nSPS) is 15.7. The molecule has 5 nitrogen and oxygen atoms in total. The van der Waals surface area contributed by atoms with E-state index < -0.39 is 5.54 Å². The molecular formula is C18H19N3O2S. The lowest BCUT2D eigenvalue weighted by molar-refractivity contribution is -0.124. The third-order valence-electron chi connectivity index (χ3n) is 4.14. The first-order valence-corrected chi connectivity index (χ1v) is 8.86. The summed E-state index contributed by atoms with van der Waals surface area (Å²) >= 11 is 1.60. The molecule has 1 saturated carbocycles. The summed E-state index contributed by atoms with van der Waals surface area (Å²) in [7, 11) is 0. The van der Waals surface area contributed by atoms with E-state index in [0.29, 0.717) is 5.75 Å². The molecule has 0 atom stereocenters. The van der Waals surface area contributed by atoms with Crippen LogP contribution in [0, 0.1) is 18.3 Å². The number of nitrogens with one attached hydrogen (secondary N) is 1. The number of carbonyl (C=O) groups excluding carboxylic acids is 1. The quantitative estimate of drug-likeness (QED) is 0.904. The third-order valence-corrected chi connectivity index (χ3v) is 5.15. The van der Waals surface area contributed by atoms with Gasteiger partial charge in [-0.1, -0.05) is 0 Å². The Kier molecular flexibility index (Phi) is 4.81. The Balaban J connectivity index is 1.55. The van der Waals surface area contributed by atoms with Crippen molar-refractivity contribution in [2.45, 2.75) is 38.1 Å². The Bertz CT molecular complexity index is 755. The first-order chi connectivity index (χ1) is 11.6. The number of amides is 1. The molecular weight excluding hydrogens is 322 g/mol. The third kappa shape index (κ3) is 3.74. The summed E-state index contributed by atoms with van der Waals surface area (Å²) in [6, 6.07) is 9.76. The molecule has 1 aromatic heterocycles. The van der Waals surface area contributed by atoms with E-state index in [1.165, 1.54) is 0 Å². The van der Waals surface area contributed by atoms with Gasteiger partial charge < -0.3 is 10.1 Å². The lowest BCUT2D eigenvalue weighted by Gasteiger charge is -2.21. The maximum absolute atomic E-state index is 12.0. The van der Waals surface area contributed by atoms with Crippen molar-refractivity contribution in [3.8, 4) is 22.4 Å². The molecule has 1 heterocycles. The zero-order chi connectivity index (χ0) is 17.0. The number of rotatable bonds is 5. The standard InChI is InChI=1S/C18H19N3O2S/c1-13-11-24-17(20-13)14-4-6-15(7-5-14)23-10-16(22)21-18(12-19)8-2-3-9-18/h4-7,11H,2-3,8-10H2,1H3,(H,21,22). The molecule has 6 heteroatoms. The Labute approximate surface area is 145 Å². The number of nitrogens with zero attached hydrogens (tertiary/aromatic N) is 2. The number of thiazole rings is 1. The van der Waals surface area contributed by atoms with Crippen molar-refractivity contribution >= 4 is 17.2 Å². The van der Waals surface area contributed by atoms with Crippen molar-refractivity contribution < 1.29 is 9.53 Å². The van der Waals surface area contributed by atoms with Crippen LogP contribution in [0.5, 0.6) is 5.75 Å². The maximum atomic E-state index is 12.0. The minimum absolute atomic E-state index is 0.0842. The highest BCUT2D eigenvalue weighted by Gasteiger charge is 2.35. The first kappa shape index (κ1) is 16.5. The van der Waals surface area contributed by atoms with Crippen molar-refractivity contribution in [3.05, 3.63) is 35.3 Å². The van der Waals surface area contributed by atoms with Crippen molar-refractivity contribution in [1.82, 2.24) is 10.3 Å². The van der Waals surface area contributed by atoms with Crippen LogP contribution in [-0.4, -0.2) is 23.0 Å². The van der Waals surface area contributed by atoms with E-state index in [-0.39, 0.29) is 12.5 Å². The Morgan fingerprint density at radius 3 is 2.67 bits per heavy atom. The van der Waals surface area contributed by atoms with Gasteiger partial charge in [0.15, 0.2) is 6.61 Å². The summed E-state index contributed by atoms with van der Waals surface area (Å²) in [5.41, 5.74) is 1.33. The highest BCUT2D eigenvalue weighted by molar-refractivity contribution is 7.13. The van der Waals surface area contributed by atoms with E-state index in [1.807, 2.05) is 36.6 Å². The summed E-state index contributed by atoms with van der Waals surface area (Å²) in [5, 5.41) is 15.1. The maximum Gasteiger partial charge on any atom is 0.259 e. The van der Waals surface area contributed by atoms with Gasteiger partial charge in [-0.05, 0) is 56.9 Å². The molecule has 0 saturated heterocycles. The van der Waals surface area contributed by atoms with E-state index in [9.17, 15) is 10.1 Å². The molecule has 124 valence electrons. The monoisotopic (exact) mass is 341 g/mol. The van der Waals surface area contributed by atoms with Crippen LogP contribution in [0.4, 0.5) is 0 Å². The number of carbonyl (C=O) groups is 1. The van der Waals surface area contributed by atoms with E-state index in [1.54, 1.807) is 11.3 Å². The number of nitriles is 1. The molecule has 2 aromatic rings. The van der Waals surface area contributed by atoms with Gasteiger partial charge in [0, 0.05) is 16.6 Å². The molecule has 0 bridgehead atoms. The second kappa shape index (κ2) is 7.02. The fraction of sp³-hybridized carbons (Fsp3) is 0.389. The van der Waals surface area contributed by atoms with Crippen LogP contribution in [0.2, 0.25) is 0 Å². The molecule has 1 aliphatic carbocycles. The van der Waals surface area contributed by atoms with Gasteiger partial charge in [-0.2, -0.15) is 5.26 Å². The van der Waals surface area contributed by atoms with Gasteiger partial charge in [-0.15, -0.1) is 11.3 Å². The van der Waals surface area contributed by atoms with Gasteiger partial charge in [0.05, 0.1) is 6.07 Å². The molecule has 0 aliphatic heterocycles. The zero-order valence-electron chi connectivity index (χ0n) is 13.5. The largest absolute Gasteiger partial charge is 0.484 e. The summed E-state index contributed by atoms with van der Waals surface area (Å²) in [4.78, 5) is 16.5. The van der Waals surface area contributed by atoms with Gasteiger partial charge in [-0.3, -0.25) is 4.79 Å². The Hall–Kier alpha value is -2.39. The predicted molar refractivity (Wildman–Crippen MR) is 92.7 cm³/mol. The molecule has 1 aromatic carbocycles. The lowest BCUT2D eigenvalue weighted by Crippen LogP contribution is -2.47. The van der Waals surface area contributed by atoms with E-state index in [4.69, 9.17) is 4.74 Å². The number of benzene rings is 1. The van der Waals surface area contributed by atoms with Gasteiger partial charge in [-0.25, -0.2) is 4.98 Å². The average molecular weight is 341 g/mol. The second-order valence-electron chi connectivity index (χ2n) is 6.06. The smallest absolute Gasteiger partial charge is 0.259 e. The van der Waals surface area contributed by atoms with Crippen LogP contribution in [0.1, 0.15) is 31.4 Å². The van der Waals surface area contributed by atoms with E-state index in [2.05, 4.69) is 16.4 Å². The van der Waals surface area contributed by atoms with Crippen LogP contribution < -0.4 is 10.1 Å². The second-order valence-corrected chi connectivity index (χ2v) is 6.91. The summed E-state index contributed by atoms with van der Waals surface area (Å²) in [5.74, 6) is 0.373. The minimum atomic E-state index is -0.701. The SMILES string of the molecule is Cc1csc(-c2ccc(OCC(=O)NC3(C#N)CCCC3)cc2)n1. The number of hydrogen-bond donors (Lipinski definition) is 1. The predicted octanol–water partition coefficient (Wildman–Crippen LogP) is 3.45. The average Bonchev–Trinajstić information content (AvgIpc) is 3.23. The molecule has 0 unspecified atom stereocenters. The number of ether oxygens (including phenoxy) is 1. The molecule has 0 spiro atoms. The number of hydrogen-bond acceptors (Lipinski definition) is 5. The molecule has 0 radical (unpaired) electrons. The molecule has 1 amide bonds. The molecule has 3 rings (SSSR count). The fourth-order valence-electron chi connectivity index (χ4n) is 2.88. The first-order valence-electron chi connectivity index (χ1n) is 7.98. The van der Waals surface area contributed by atoms with Crippen LogP contribution in [0.25, 0.3) is 10.6 Å². The van der Waals surface area contributed by atoms with Crippen LogP contribution >= 0.6 is 11.3 Å². The van der Waals surface area contributed by atoms with Gasteiger partial charge in [0.25, 0.3) is 5.91 Å². The van der Waals surface area contributed by atoms with Gasteiger partial charge >= 0.3 is 0 Å². The van der Waals surface area contributed by atoms with Crippen molar-refractivity contribution in [2.24, 2.45) is 0 Å². The lowest BCUT2D eigenvalue weighted by atomic mass is 10.00. The van der Waals surface area contributed by atoms with Gasteiger partial charge in [0.1, 0.15) is 16.3 Å². The van der Waals surface area contributed by atoms with Crippen LogP contribution in [-0.2, 0) is 4.79 Å². The molecule has 1 N–H and O–H groups in total. The van der Waals surface area contributed by atoms with Gasteiger partial charge in [0.2, 0.25) is 0 Å². The molecule has 24 heavy (non-hydrogen) atoms. The van der Waals surface area contributed by atoms with E-state index in [0.717, 1.165) is 41.9 Å². The fourth-order valence-corrected chi connectivity index (χ4v) is 3.68. The van der Waals surface area contributed by atoms with E-state index >= 15 is 0 Å². The number of aromatic nitrogens is 1. The minimum Gasteiger partial charge on any atom is -0.484 e. The highest BCUT2D eigenvalue weighted by atomic mass is 32.1. The van der Waals surface area contributed by atoms with Crippen molar-refractivity contribution in [1.29, 1.82) is 5.26 Å². The summed E-state index contributed by atoms with van der Waals surface area (Å²) in [6.07, 6.45) is 3.40. The van der Waals surface area contributed by atoms with Crippen LogP contribution in [0.3, 0.4) is 0 Å². The Morgan fingerprint density at radius 2 is 2.08 bits per heavy atom. The van der Waals surface area contributed by atoms with Crippen molar-refractivity contribution in [3.63, 3.8) is 0 Å². The molecule has 1 fully saturated rings. The van der Waals surface area contributed by atoms with Crippen molar-refractivity contribution in [2.75, 3.05) is 6.61 Å². The number of aryl methyl sites for hydroxylation is 1. The van der Waals surface area contributed by atoms with Crippen LogP contribution in [0.15, 0.2) is 29.6 Å². The Morgan fingerprint density at radius 1 is 1.38 bits per heavy atom. The zero-order valence-corrected chi connectivity index (χ0v) is 14.4. The molecule has 1 aliphatic rings.